The van der Waals surface area contributed by atoms with Crippen LogP contribution < -0.4 is 9.47 Å². The van der Waals surface area contributed by atoms with Crippen molar-refractivity contribution in [2.45, 2.75) is 78.5 Å². The minimum Gasteiger partial charge on any atom is -0.496 e. The highest BCUT2D eigenvalue weighted by atomic mass is 16.8. The van der Waals surface area contributed by atoms with E-state index in [0.29, 0.717) is 13.2 Å². The van der Waals surface area contributed by atoms with Gasteiger partial charge in [0.05, 0.1) is 33.0 Å². The molecule has 2 aromatic carbocycles. The van der Waals surface area contributed by atoms with Gasteiger partial charge in [-0.25, -0.2) is 0 Å². The van der Waals surface area contributed by atoms with Crippen LogP contribution in [0.15, 0.2) is 30.3 Å². The fourth-order valence-electron chi connectivity index (χ4n) is 4.81. The summed E-state index contributed by atoms with van der Waals surface area (Å²) in [5.41, 5.74) is 5.17. The van der Waals surface area contributed by atoms with Crippen molar-refractivity contribution in [3.63, 3.8) is 0 Å². The Morgan fingerprint density at radius 1 is 0.875 bits per heavy atom. The molecule has 1 saturated heterocycles. The van der Waals surface area contributed by atoms with Gasteiger partial charge in [0.25, 0.3) is 0 Å². The van der Waals surface area contributed by atoms with Gasteiger partial charge in [-0.1, -0.05) is 30.3 Å². The van der Waals surface area contributed by atoms with E-state index in [9.17, 15) is 0 Å². The van der Waals surface area contributed by atoms with Crippen molar-refractivity contribution in [3.8, 4) is 11.5 Å². The van der Waals surface area contributed by atoms with Crippen molar-refractivity contribution in [3.05, 3.63) is 58.1 Å². The molecule has 0 aliphatic carbocycles. The summed E-state index contributed by atoms with van der Waals surface area (Å²) in [5.74, 6) is 1.20. The molecule has 1 aliphatic rings. The third kappa shape index (κ3) is 5.11. The second-order valence-electron chi connectivity index (χ2n) is 9.34. The van der Waals surface area contributed by atoms with E-state index in [2.05, 4.69) is 39.8 Å². The lowest BCUT2D eigenvalue weighted by atomic mass is 9.88. The van der Waals surface area contributed by atoms with Gasteiger partial charge in [-0.05, 0) is 76.6 Å². The first-order valence-corrected chi connectivity index (χ1v) is 11.3. The number of methoxy groups -OCH3 is 2. The molecule has 1 aliphatic heterocycles. The van der Waals surface area contributed by atoms with Crippen LogP contribution >= 0.6 is 0 Å². The van der Waals surface area contributed by atoms with Crippen molar-refractivity contribution < 1.29 is 23.7 Å². The summed E-state index contributed by atoms with van der Waals surface area (Å²) in [6, 6.07) is 10.2. The average Bonchev–Trinajstić information content (AvgIpc) is 2.99. The van der Waals surface area contributed by atoms with E-state index in [1.807, 2.05) is 32.0 Å². The summed E-state index contributed by atoms with van der Waals surface area (Å²) in [6.45, 7) is 13.3. The second-order valence-corrected chi connectivity index (χ2v) is 9.34. The zero-order chi connectivity index (χ0) is 23.5. The third-order valence-electron chi connectivity index (χ3n) is 6.56. The molecule has 2 aromatic rings. The number of ether oxygens (including phenoxy) is 5. The molecule has 0 spiro atoms. The summed E-state index contributed by atoms with van der Waals surface area (Å²) in [5, 5.41) is 0. The van der Waals surface area contributed by atoms with Gasteiger partial charge in [-0.2, -0.15) is 0 Å². The van der Waals surface area contributed by atoms with Crippen molar-refractivity contribution in [1.29, 1.82) is 0 Å². The molecular formula is C27H38O5. The molecule has 176 valence electrons. The molecule has 5 nitrogen and oxygen atoms in total. The maximum Gasteiger partial charge on any atom is 0.164 e. The lowest BCUT2D eigenvalue weighted by molar-refractivity contribution is -0.163. The number of hydrogen-bond acceptors (Lipinski definition) is 5. The van der Waals surface area contributed by atoms with Crippen LogP contribution in [0.25, 0.3) is 0 Å². The summed E-state index contributed by atoms with van der Waals surface area (Å²) in [4.78, 5) is 0. The Balaban J connectivity index is 1.77. The van der Waals surface area contributed by atoms with Crippen molar-refractivity contribution in [2.75, 3.05) is 20.8 Å². The Labute approximate surface area is 193 Å². The summed E-state index contributed by atoms with van der Waals surface area (Å²) < 4.78 is 30.2. The second kappa shape index (κ2) is 9.82. The predicted molar refractivity (Wildman–Crippen MR) is 127 cm³/mol. The first kappa shape index (κ1) is 24.6. The van der Waals surface area contributed by atoms with E-state index < -0.39 is 11.4 Å². The van der Waals surface area contributed by atoms with Crippen molar-refractivity contribution in [2.24, 2.45) is 0 Å². The zero-order valence-electron chi connectivity index (χ0n) is 20.8. The van der Waals surface area contributed by atoms with E-state index in [4.69, 9.17) is 23.7 Å². The van der Waals surface area contributed by atoms with E-state index in [0.717, 1.165) is 52.2 Å². The van der Waals surface area contributed by atoms with Crippen LogP contribution in [0.5, 0.6) is 11.5 Å². The molecule has 0 saturated carbocycles. The van der Waals surface area contributed by atoms with E-state index in [1.54, 1.807) is 14.2 Å². The minimum atomic E-state index is -0.657. The van der Waals surface area contributed by atoms with Crippen LogP contribution in [0.1, 0.15) is 55.0 Å². The number of hydrogen-bond donors (Lipinski definition) is 0. The molecule has 0 N–H and O–H groups in total. The number of rotatable bonds is 9. The third-order valence-corrected chi connectivity index (χ3v) is 6.56. The Hall–Kier alpha value is -2.08. The van der Waals surface area contributed by atoms with Gasteiger partial charge in [-0.3, -0.25) is 0 Å². The molecular weight excluding hydrogens is 404 g/mol. The maximum atomic E-state index is 6.42. The lowest BCUT2D eigenvalue weighted by Crippen LogP contribution is -2.40. The standard InChI is InChI=1S/C27H38O5/c1-18-19(2)25(29-8)22(20(3)24(18)28-7)14-15-27(6)23(31-26(4,5)32-27)17-30-16-21-12-10-9-11-13-21/h9-13,23H,14-17H2,1-8H3/t23-,27-/m0/s1. The van der Waals surface area contributed by atoms with Crippen molar-refractivity contribution in [1.82, 2.24) is 0 Å². The highest BCUT2D eigenvalue weighted by molar-refractivity contribution is 5.58. The quantitative estimate of drug-likeness (QED) is 0.499. The van der Waals surface area contributed by atoms with Gasteiger partial charge in [-0.15, -0.1) is 0 Å². The van der Waals surface area contributed by atoms with Gasteiger partial charge in [0.2, 0.25) is 0 Å². The van der Waals surface area contributed by atoms with Gasteiger partial charge >= 0.3 is 0 Å². The molecule has 3 rings (SSSR count). The number of benzene rings is 2. The Morgan fingerprint density at radius 3 is 2.12 bits per heavy atom. The van der Waals surface area contributed by atoms with Crippen LogP contribution in [0.2, 0.25) is 0 Å². The van der Waals surface area contributed by atoms with Gasteiger partial charge in [0.1, 0.15) is 17.6 Å². The molecule has 0 radical (unpaired) electrons. The molecule has 2 atom stereocenters. The Morgan fingerprint density at radius 2 is 1.50 bits per heavy atom. The molecule has 1 fully saturated rings. The monoisotopic (exact) mass is 442 g/mol. The highest BCUT2D eigenvalue weighted by Crippen LogP contribution is 2.43. The van der Waals surface area contributed by atoms with Crippen LogP contribution in [-0.2, 0) is 27.2 Å². The summed E-state index contributed by atoms with van der Waals surface area (Å²) in [6.07, 6.45) is 1.40. The van der Waals surface area contributed by atoms with Crippen molar-refractivity contribution >= 4 is 0 Å². The summed E-state index contributed by atoms with van der Waals surface area (Å²) in [7, 11) is 3.46. The molecule has 1 heterocycles. The SMILES string of the molecule is COc1c(C)c(C)c(OC)c(CC[C@]2(C)OC(C)(C)O[C@H]2COCc2ccccc2)c1C. The smallest absolute Gasteiger partial charge is 0.164 e. The van der Waals surface area contributed by atoms with E-state index in [-0.39, 0.29) is 6.10 Å². The first-order chi connectivity index (χ1) is 15.1. The fraction of sp³-hybridized carbons (Fsp3) is 0.556. The zero-order valence-corrected chi connectivity index (χ0v) is 20.8. The normalized spacial score (nSPS) is 22.2. The largest absolute Gasteiger partial charge is 0.496 e. The van der Waals surface area contributed by atoms with E-state index >= 15 is 0 Å². The molecule has 5 heteroatoms. The molecule has 0 aromatic heterocycles. The summed E-state index contributed by atoms with van der Waals surface area (Å²) >= 11 is 0. The fourth-order valence-corrected chi connectivity index (χ4v) is 4.81. The average molecular weight is 443 g/mol. The molecule has 0 amide bonds. The Bertz CT molecular complexity index is 922. The highest BCUT2D eigenvalue weighted by Gasteiger charge is 2.50. The van der Waals surface area contributed by atoms with Crippen LogP contribution in [0, 0.1) is 20.8 Å². The molecule has 0 unspecified atom stereocenters. The van der Waals surface area contributed by atoms with Gasteiger partial charge in [0.15, 0.2) is 5.79 Å². The maximum absolute atomic E-state index is 6.42. The topological polar surface area (TPSA) is 46.2 Å². The minimum absolute atomic E-state index is 0.166. The van der Waals surface area contributed by atoms with Crippen LogP contribution in [0.3, 0.4) is 0 Å². The van der Waals surface area contributed by atoms with Crippen LogP contribution in [0.4, 0.5) is 0 Å². The van der Waals surface area contributed by atoms with E-state index in [1.165, 1.54) is 0 Å². The van der Waals surface area contributed by atoms with Gasteiger partial charge < -0.3 is 23.7 Å². The lowest BCUT2D eigenvalue weighted by Gasteiger charge is -2.30. The Kier molecular flexibility index (Phi) is 7.53. The molecule has 0 bridgehead atoms. The van der Waals surface area contributed by atoms with Gasteiger partial charge in [0, 0.05) is 5.56 Å². The first-order valence-electron chi connectivity index (χ1n) is 11.3. The predicted octanol–water partition coefficient (Wildman–Crippen LogP) is 5.69. The molecule has 32 heavy (non-hydrogen) atoms. The van der Waals surface area contributed by atoms with Crippen LogP contribution in [-0.4, -0.2) is 38.3 Å².